The third-order valence-corrected chi connectivity index (χ3v) is 1.33. The lowest BCUT2D eigenvalue weighted by molar-refractivity contribution is -0.145. The van der Waals surface area contributed by atoms with Gasteiger partial charge in [0.15, 0.2) is 11.8 Å². The van der Waals surface area contributed by atoms with Crippen molar-refractivity contribution in [3.05, 3.63) is 0 Å². The highest BCUT2D eigenvalue weighted by atomic mass is 16.4. The lowest BCUT2D eigenvalue weighted by Gasteiger charge is -2.10. The highest BCUT2D eigenvalue weighted by Gasteiger charge is 2.27. The Kier molecular flexibility index (Phi) is 4.02. The Hall–Kier alpha value is -1.47. The summed E-state index contributed by atoms with van der Waals surface area (Å²) in [4.78, 5) is 31.2. The van der Waals surface area contributed by atoms with Crippen LogP contribution in [-0.2, 0) is 14.4 Å². The molecule has 2 atom stereocenters. The normalized spacial score (nSPS) is 14.6. The van der Waals surface area contributed by atoms with Crippen molar-refractivity contribution in [2.75, 3.05) is 0 Å². The topological polar surface area (TPSA) is 144 Å². The predicted molar refractivity (Wildman–Crippen MR) is 40.8 cm³/mol. The minimum atomic E-state index is -1.76. The van der Waals surface area contributed by atoms with Crippen LogP contribution in [0, 0.1) is 0 Å². The Balaban J connectivity index is 4.25. The summed E-state index contributed by atoms with van der Waals surface area (Å²) in [5, 5.41) is 16.5. The number of carboxylic acids is 2. The first-order valence-electron chi connectivity index (χ1n) is 3.35. The van der Waals surface area contributed by atoms with Gasteiger partial charge in [0.25, 0.3) is 0 Å². The molecule has 0 radical (unpaired) electrons. The van der Waals surface area contributed by atoms with Crippen molar-refractivity contribution in [2.45, 2.75) is 18.5 Å². The molecule has 6 N–H and O–H groups in total. The van der Waals surface area contributed by atoms with Crippen molar-refractivity contribution in [2.24, 2.45) is 11.5 Å². The van der Waals surface area contributed by atoms with Crippen molar-refractivity contribution < 1.29 is 24.6 Å². The van der Waals surface area contributed by atoms with Crippen LogP contribution < -0.4 is 11.5 Å². The molecule has 0 aliphatic carbocycles. The molecule has 0 amide bonds. The minimum Gasteiger partial charge on any atom is -0.481 e. The van der Waals surface area contributed by atoms with Gasteiger partial charge in [-0.2, -0.15) is 0 Å². The van der Waals surface area contributed by atoms with Crippen LogP contribution in [0.2, 0.25) is 0 Å². The van der Waals surface area contributed by atoms with Gasteiger partial charge in [0.05, 0.1) is 12.5 Å². The Morgan fingerprint density at radius 3 is 1.92 bits per heavy atom. The fourth-order valence-electron chi connectivity index (χ4n) is 0.641. The molecule has 0 aromatic carbocycles. The summed E-state index contributed by atoms with van der Waals surface area (Å²) in [6.45, 7) is 0. The lowest BCUT2D eigenvalue weighted by atomic mass is 10.0. The number of Topliss-reactive ketones (excluding diaryl/α,β-unsaturated/α-hetero) is 1. The van der Waals surface area contributed by atoms with Gasteiger partial charge in [-0.1, -0.05) is 0 Å². The molecular formula is C6H10N2O5. The number of carboxylic acid groups (broad SMARTS) is 2. The van der Waals surface area contributed by atoms with E-state index in [4.69, 9.17) is 21.7 Å². The Morgan fingerprint density at radius 2 is 1.62 bits per heavy atom. The van der Waals surface area contributed by atoms with E-state index in [0.717, 1.165) is 0 Å². The number of aliphatic carboxylic acids is 2. The van der Waals surface area contributed by atoms with E-state index < -0.39 is 36.2 Å². The maximum Gasteiger partial charge on any atom is 0.328 e. The third-order valence-electron chi connectivity index (χ3n) is 1.33. The van der Waals surface area contributed by atoms with E-state index in [2.05, 4.69) is 0 Å². The molecular weight excluding hydrogens is 180 g/mol. The number of hydrogen-bond donors (Lipinski definition) is 4. The highest BCUT2D eigenvalue weighted by molar-refractivity contribution is 6.05. The number of rotatable bonds is 5. The lowest BCUT2D eigenvalue weighted by Crippen LogP contribution is -2.48. The summed E-state index contributed by atoms with van der Waals surface area (Å²) < 4.78 is 0. The van der Waals surface area contributed by atoms with Crippen LogP contribution in [0.3, 0.4) is 0 Å². The highest BCUT2D eigenvalue weighted by Crippen LogP contribution is 1.94. The van der Waals surface area contributed by atoms with Gasteiger partial charge >= 0.3 is 11.9 Å². The van der Waals surface area contributed by atoms with Crippen LogP contribution in [0.1, 0.15) is 6.42 Å². The number of hydrogen-bond acceptors (Lipinski definition) is 5. The van der Waals surface area contributed by atoms with Gasteiger partial charge in [0, 0.05) is 0 Å². The average Bonchev–Trinajstić information content (AvgIpc) is 2.00. The van der Waals surface area contributed by atoms with Gasteiger partial charge in [-0.25, -0.2) is 0 Å². The first kappa shape index (κ1) is 11.5. The van der Waals surface area contributed by atoms with Gasteiger partial charge in [-0.05, 0) is 0 Å². The molecule has 74 valence electrons. The summed E-state index contributed by atoms with van der Waals surface area (Å²) in [5.41, 5.74) is 10.00. The van der Waals surface area contributed by atoms with Crippen molar-refractivity contribution in [3.8, 4) is 0 Å². The Bertz CT molecular complexity index is 239. The maximum atomic E-state index is 10.9. The second-order valence-electron chi connectivity index (χ2n) is 2.42. The van der Waals surface area contributed by atoms with Crippen LogP contribution in [0.25, 0.3) is 0 Å². The molecule has 0 aromatic rings. The van der Waals surface area contributed by atoms with E-state index in [9.17, 15) is 14.4 Å². The molecule has 0 aliphatic heterocycles. The zero-order chi connectivity index (χ0) is 10.6. The minimum absolute atomic E-state index is 0.625. The van der Waals surface area contributed by atoms with Crippen LogP contribution in [0.4, 0.5) is 0 Å². The fraction of sp³-hybridized carbons (Fsp3) is 0.500. The molecule has 0 spiro atoms. The van der Waals surface area contributed by atoms with Crippen molar-refractivity contribution in [1.29, 1.82) is 0 Å². The van der Waals surface area contributed by atoms with Crippen LogP contribution in [0.15, 0.2) is 0 Å². The summed E-state index contributed by atoms with van der Waals surface area (Å²) in [6, 6.07) is -3.13. The Labute approximate surface area is 73.3 Å². The van der Waals surface area contributed by atoms with E-state index in [0.29, 0.717) is 0 Å². The smallest absolute Gasteiger partial charge is 0.328 e. The average molecular weight is 190 g/mol. The van der Waals surface area contributed by atoms with Crippen LogP contribution in [0.5, 0.6) is 0 Å². The second kappa shape index (κ2) is 4.53. The van der Waals surface area contributed by atoms with E-state index in [-0.39, 0.29) is 0 Å². The largest absolute Gasteiger partial charge is 0.481 e. The molecule has 13 heavy (non-hydrogen) atoms. The quantitative estimate of drug-likeness (QED) is 0.359. The van der Waals surface area contributed by atoms with Crippen molar-refractivity contribution in [1.82, 2.24) is 0 Å². The van der Waals surface area contributed by atoms with Crippen LogP contribution in [-0.4, -0.2) is 40.0 Å². The van der Waals surface area contributed by atoms with Crippen molar-refractivity contribution >= 4 is 17.7 Å². The summed E-state index contributed by atoms with van der Waals surface area (Å²) >= 11 is 0. The zero-order valence-corrected chi connectivity index (χ0v) is 6.64. The number of nitrogens with two attached hydrogens (primary N) is 2. The SMILES string of the molecule is NC(C(=O)O)C(=O)[C@@H](N)CC(=O)O. The summed E-state index contributed by atoms with van der Waals surface area (Å²) in [5.74, 6) is -3.79. The zero-order valence-electron chi connectivity index (χ0n) is 6.64. The number of ketones is 1. The Morgan fingerprint density at radius 1 is 1.15 bits per heavy atom. The fourth-order valence-corrected chi connectivity index (χ4v) is 0.641. The number of carbonyl (C=O) groups excluding carboxylic acids is 1. The predicted octanol–water partition coefficient (Wildman–Crippen LogP) is -2.23. The van der Waals surface area contributed by atoms with E-state index >= 15 is 0 Å². The monoisotopic (exact) mass is 190 g/mol. The van der Waals surface area contributed by atoms with Gasteiger partial charge in [0.2, 0.25) is 0 Å². The molecule has 0 aliphatic rings. The van der Waals surface area contributed by atoms with Gasteiger partial charge in [-0.15, -0.1) is 0 Å². The maximum absolute atomic E-state index is 10.9. The summed E-state index contributed by atoms with van der Waals surface area (Å²) in [7, 11) is 0. The molecule has 0 bridgehead atoms. The van der Waals surface area contributed by atoms with Crippen molar-refractivity contribution in [3.63, 3.8) is 0 Å². The summed E-state index contributed by atoms with van der Waals surface area (Å²) in [6.07, 6.45) is -0.625. The molecule has 7 nitrogen and oxygen atoms in total. The molecule has 0 saturated heterocycles. The van der Waals surface area contributed by atoms with E-state index in [1.54, 1.807) is 0 Å². The molecule has 0 aromatic heterocycles. The second-order valence-corrected chi connectivity index (χ2v) is 2.42. The van der Waals surface area contributed by atoms with Crippen LogP contribution >= 0.6 is 0 Å². The first-order chi connectivity index (χ1) is 5.86. The van der Waals surface area contributed by atoms with Gasteiger partial charge in [-0.3, -0.25) is 14.4 Å². The van der Waals surface area contributed by atoms with Gasteiger partial charge < -0.3 is 21.7 Å². The molecule has 0 rings (SSSR count). The molecule has 1 unspecified atom stereocenters. The molecule has 7 heteroatoms. The molecule has 0 fully saturated rings. The van der Waals surface area contributed by atoms with Gasteiger partial charge in [0.1, 0.15) is 0 Å². The molecule has 0 saturated carbocycles. The van der Waals surface area contributed by atoms with E-state index in [1.165, 1.54) is 0 Å². The van der Waals surface area contributed by atoms with E-state index in [1.807, 2.05) is 0 Å². The first-order valence-corrected chi connectivity index (χ1v) is 3.35. The number of carbonyl (C=O) groups is 3. The molecule has 0 heterocycles. The third kappa shape index (κ3) is 3.63. The standard InChI is InChI=1S/C6H10N2O5/c7-2(1-3(9)10)5(11)4(8)6(12)13/h2,4H,1,7-8H2,(H,9,10)(H,12,13)/t2-,4?/m0/s1.